The molecule has 0 aromatic rings. The lowest BCUT2D eigenvalue weighted by Gasteiger charge is -2.25. The third kappa shape index (κ3) is 1.69. The molecule has 1 fully saturated rings. The van der Waals surface area contributed by atoms with Gasteiger partial charge in [-0.3, -0.25) is 5.01 Å². The van der Waals surface area contributed by atoms with Gasteiger partial charge in [-0.25, -0.2) is 0 Å². The van der Waals surface area contributed by atoms with Crippen LogP contribution in [-0.4, -0.2) is 18.1 Å². The Labute approximate surface area is 61.3 Å². The fraction of sp³-hybridized carbons (Fsp3) is 1.00. The second kappa shape index (κ2) is 3.54. The van der Waals surface area contributed by atoms with Crippen molar-refractivity contribution in [2.24, 2.45) is 5.29 Å². The SMILES string of the molecule is CN(N=O)C1CCCCC1. The van der Waals surface area contributed by atoms with Gasteiger partial charge in [0.1, 0.15) is 0 Å². The first kappa shape index (κ1) is 7.51. The van der Waals surface area contributed by atoms with Crippen molar-refractivity contribution in [3.8, 4) is 0 Å². The topological polar surface area (TPSA) is 32.7 Å². The molecule has 0 saturated heterocycles. The van der Waals surface area contributed by atoms with Gasteiger partial charge in [-0.1, -0.05) is 19.3 Å². The van der Waals surface area contributed by atoms with Crippen LogP contribution in [0.15, 0.2) is 5.29 Å². The number of nitrogens with zero attached hydrogens (tertiary/aromatic N) is 2. The maximum absolute atomic E-state index is 10.1. The van der Waals surface area contributed by atoms with Crippen molar-refractivity contribution >= 4 is 0 Å². The fourth-order valence-electron chi connectivity index (χ4n) is 1.52. The maximum atomic E-state index is 10.1. The monoisotopic (exact) mass is 142 g/mol. The van der Waals surface area contributed by atoms with Gasteiger partial charge in [0.05, 0.1) is 5.29 Å². The zero-order valence-corrected chi connectivity index (χ0v) is 6.42. The molecule has 0 unspecified atom stereocenters. The Bertz CT molecular complexity index is 110. The van der Waals surface area contributed by atoms with E-state index in [0.29, 0.717) is 6.04 Å². The Morgan fingerprint density at radius 2 is 1.90 bits per heavy atom. The summed E-state index contributed by atoms with van der Waals surface area (Å²) >= 11 is 0. The molecule has 1 saturated carbocycles. The highest BCUT2D eigenvalue weighted by molar-refractivity contribution is 4.70. The largest absolute Gasteiger partial charge is 0.261 e. The van der Waals surface area contributed by atoms with E-state index in [1.54, 1.807) is 12.1 Å². The smallest absolute Gasteiger partial charge is 0.0523 e. The first-order chi connectivity index (χ1) is 4.84. The molecule has 1 rings (SSSR count). The van der Waals surface area contributed by atoms with E-state index in [2.05, 4.69) is 5.29 Å². The number of hydrogen-bond donors (Lipinski definition) is 0. The Hall–Kier alpha value is -0.600. The molecule has 0 heterocycles. The molecule has 0 aliphatic heterocycles. The van der Waals surface area contributed by atoms with Gasteiger partial charge >= 0.3 is 0 Å². The number of nitroso groups, excluding NO2 is 1. The molecule has 10 heavy (non-hydrogen) atoms. The molecule has 0 bridgehead atoms. The normalized spacial score (nSPS) is 20.5. The molecule has 0 radical (unpaired) electrons. The van der Waals surface area contributed by atoms with E-state index in [0.717, 1.165) is 12.8 Å². The summed E-state index contributed by atoms with van der Waals surface area (Å²) in [7, 11) is 1.77. The van der Waals surface area contributed by atoms with Gasteiger partial charge in [0.2, 0.25) is 0 Å². The number of hydrogen-bond acceptors (Lipinski definition) is 2. The second-order valence-electron chi connectivity index (χ2n) is 2.95. The van der Waals surface area contributed by atoms with Gasteiger partial charge < -0.3 is 0 Å². The van der Waals surface area contributed by atoms with Gasteiger partial charge in [0.15, 0.2) is 0 Å². The highest BCUT2D eigenvalue weighted by atomic mass is 16.3. The van der Waals surface area contributed by atoms with Gasteiger partial charge in [-0.05, 0) is 12.8 Å². The van der Waals surface area contributed by atoms with Crippen LogP contribution in [0.25, 0.3) is 0 Å². The molecule has 0 aromatic heterocycles. The summed E-state index contributed by atoms with van der Waals surface area (Å²) in [5.41, 5.74) is 0. The molecule has 58 valence electrons. The minimum absolute atomic E-state index is 0.422. The summed E-state index contributed by atoms with van der Waals surface area (Å²) in [6, 6.07) is 0.422. The predicted molar refractivity (Wildman–Crippen MR) is 40.4 cm³/mol. The predicted octanol–water partition coefficient (Wildman–Crippen LogP) is 1.93. The fourth-order valence-corrected chi connectivity index (χ4v) is 1.52. The van der Waals surface area contributed by atoms with Crippen LogP contribution in [0.4, 0.5) is 0 Å². The molecule has 3 nitrogen and oxygen atoms in total. The van der Waals surface area contributed by atoms with E-state index in [9.17, 15) is 4.91 Å². The van der Waals surface area contributed by atoms with Crippen LogP contribution in [0.5, 0.6) is 0 Å². The first-order valence-corrected chi connectivity index (χ1v) is 3.90. The van der Waals surface area contributed by atoms with E-state index >= 15 is 0 Å². The van der Waals surface area contributed by atoms with Gasteiger partial charge in [-0.2, -0.15) is 0 Å². The summed E-state index contributed by atoms with van der Waals surface area (Å²) in [5, 5.41) is 4.45. The van der Waals surface area contributed by atoms with Crippen LogP contribution in [0.1, 0.15) is 32.1 Å². The Kier molecular flexibility index (Phi) is 2.66. The standard InChI is InChI=1S/C7H14N2O/c1-9(8-10)7-5-3-2-4-6-7/h7H,2-6H2,1H3. The lowest BCUT2D eigenvalue weighted by atomic mass is 9.95. The van der Waals surface area contributed by atoms with Crippen LogP contribution >= 0.6 is 0 Å². The third-order valence-electron chi connectivity index (χ3n) is 2.23. The Morgan fingerprint density at radius 3 is 2.40 bits per heavy atom. The highest BCUT2D eigenvalue weighted by Crippen LogP contribution is 2.21. The summed E-state index contributed by atoms with van der Waals surface area (Å²) in [6.07, 6.45) is 6.11. The quantitative estimate of drug-likeness (QED) is 0.436. The number of rotatable bonds is 2. The van der Waals surface area contributed by atoms with Crippen molar-refractivity contribution in [1.82, 2.24) is 5.01 Å². The zero-order valence-electron chi connectivity index (χ0n) is 6.42. The molecule has 0 amide bonds. The molecule has 0 aromatic carbocycles. The molecule has 1 aliphatic rings. The van der Waals surface area contributed by atoms with E-state index in [-0.39, 0.29) is 0 Å². The van der Waals surface area contributed by atoms with Crippen LogP contribution in [0, 0.1) is 4.91 Å². The van der Waals surface area contributed by atoms with Crippen molar-refractivity contribution in [3.05, 3.63) is 4.91 Å². The second-order valence-corrected chi connectivity index (χ2v) is 2.95. The van der Waals surface area contributed by atoms with E-state index in [1.165, 1.54) is 19.3 Å². The van der Waals surface area contributed by atoms with Crippen molar-refractivity contribution in [2.75, 3.05) is 7.05 Å². The van der Waals surface area contributed by atoms with E-state index < -0.39 is 0 Å². The zero-order chi connectivity index (χ0) is 7.40. The highest BCUT2D eigenvalue weighted by Gasteiger charge is 2.16. The Balaban J connectivity index is 2.30. The van der Waals surface area contributed by atoms with E-state index in [4.69, 9.17) is 0 Å². The van der Waals surface area contributed by atoms with Crippen molar-refractivity contribution in [1.29, 1.82) is 0 Å². The molecular formula is C7H14N2O. The molecule has 0 N–H and O–H groups in total. The lowest BCUT2D eigenvalue weighted by molar-refractivity contribution is 0.196. The molecule has 0 atom stereocenters. The van der Waals surface area contributed by atoms with Crippen LogP contribution in [-0.2, 0) is 0 Å². The van der Waals surface area contributed by atoms with Crippen LogP contribution in [0.3, 0.4) is 0 Å². The summed E-state index contributed by atoms with van der Waals surface area (Å²) in [6.45, 7) is 0. The molecular weight excluding hydrogens is 128 g/mol. The van der Waals surface area contributed by atoms with Crippen molar-refractivity contribution < 1.29 is 0 Å². The summed E-state index contributed by atoms with van der Waals surface area (Å²) in [5.74, 6) is 0. The third-order valence-corrected chi connectivity index (χ3v) is 2.23. The maximum Gasteiger partial charge on any atom is 0.0523 e. The molecule has 1 aliphatic carbocycles. The van der Waals surface area contributed by atoms with Gasteiger partial charge in [0, 0.05) is 13.1 Å². The van der Waals surface area contributed by atoms with Crippen LogP contribution < -0.4 is 0 Å². The van der Waals surface area contributed by atoms with Gasteiger partial charge in [0.25, 0.3) is 0 Å². The average Bonchev–Trinajstić information content (AvgIpc) is 2.05. The Morgan fingerprint density at radius 1 is 1.30 bits per heavy atom. The molecule has 0 spiro atoms. The minimum Gasteiger partial charge on any atom is -0.261 e. The van der Waals surface area contributed by atoms with Crippen molar-refractivity contribution in [3.63, 3.8) is 0 Å². The lowest BCUT2D eigenvalue weighted by Crippen LogP contribution is -2.28. The first-order valence-electron chi connectivity index (χ1n) is 3.90. The van der Waals surface area contributed by atoms with E-state index in [1.807, 2.05) is 0 Å². The van der Waals surface area contributed by atoms with Gasteiger partial charge in [-0.15, -0.1) is 4.91 Å². The minimum atomic E-state index is 0.422. The average molecular weight is 142 g/mol. The molecule has 3 heteroatoms. The summed E-state index contributed by atoms with van der Waals surface area (Å²) < 4.78 is 0. The van der Waals surface area contributed by atoms with Crippen molar-refractivity contribution in [2.45, 2.75) is 38.1 Å². The summed E-state index contributed by atoms with van der Waals surface area (Å²) in [4.78, 5) is 10.1. The van der Waals surface area contributed by atoms with Crippen LogP contribution in [0.2, 0.25) is 0 Å².